The van der Waals surface area contributed by atoms with Crippen LogP contribution in [0, 0.1) is 0 Å². The Labute approximate surface area is 114 Å². The quantitative estimate of drug-likeness (QED) is 0.721. The largest absolute Gasteiger partial charge is 0.311 e. The zero-order chi connectivity index (χ0) is 13.6. The highest BCUT2D eigenvalue weighted by Gasteiger charge is 2.35. The topological polar surface area (TPSA) is 24.1 Å². The van der Waals surface area contributed by atoms with Crippen LogP contribution in [0.4, 0.5) is 0 Å². The van der Waals surface area contributed by atoms with E-state index in [1.54, 1.807) is 0 Å². The molecule has 0 amide bonds. The lowest BCUT2D eigenvalue weighted by Gasteiger charge is -2.44. The van der Waals surface area contributed by atoms with Crippen LogP contribution >= 0.6 is 0 Å². The molecule has 1 fully saturated rings. The second kappa shape index (κ2) is 7.49. The molecule has 108 valence electrons. The molecule has 0 aliphatic heterocycles. The molecule has 0 saturated heterocycles. The molecule has 2 N–H and O–H groups in total. The molecule has 1 aliphatic carbocycles. The average molecular weight is 254 g/mol. The molecule has 2 nitrogen and oxygen atoms in total. The average Bonchev–Trinajstić information content (AvgIpc) is 2.38. The molecule has 1 aliphatic rings. The van der Waals surface area contributed by atoms with Crippen LogP contribution in [0.3, 0.4) is 0 Å². The zero-order valence-electron chi connectivity index (χ0n) is 13.2. The van der Waals surface area contributed by atoms with E-state index in [-0.39, 0.29) is 0 Å². The normalized spacial score (nSPS) is 32.2. The Bertz CT molecular complexity index is 229. The molecule has 1 rings (SSSR count). The SMILES string of the molecule is CCC(C)NC1CCCC(CC)(NC(C)CC)C1. The summed E-state index contributed by atoms with van der Waals surface area (Å²) in [6, 6.07) is 2.02. The minimum atomic E-state index is 0.388. The van der Waals surface area contributed by atoms with Crippen molar-refractivity contribution in [2.45, 2.75) is 103 Å². The van der Waals surface area contributed by atoms with Crippen LogP contribution in [0.25, 0.3) is 0 Å². The van der Waals surface area contributed by atoms with Gasteiger partial charge in [0, 0.05) is 23.7 Å². The minimum absolute atomic E-state index is 0.388. The van der Waals surface area contributed by atoms with Crippen LogP contribution in [0.15, 0.2) is 0 Å². The van der Waals surface area contributed by atoms with Gasteiger partial charge in [0.1, 0.15) is 0 Å². The molecule has 0 heterocycles. The maximum Gasteiger partial charge on any atom is 0.0196 e. The van der Waals surface area contributed by atoms with Crippen molar-refractivity contribution in [1.29, 1.82) is 0 Å². The third-order valence-corrected chi connectivity index (χ3v) is 4.82. The smallest absolute Gasteiger partial charge is 0.0196 e. The molecule has 18 heavy (non-hydrogen) atoms. The van der Waals surface area contributed by atoms with Gasteiger partial charge in [-0.2, -0.15) is 0 Å². The first-order valence-electron chi connectivity index (χ1n) is 8.09. The fourth-order valence-electron chi connectivity index (χ4n) is 3.20. The van der Waals surface area contributed by atoms with Crippen molar-refractivity contribution >= 4 is 0 Å². The highest BCUT2D eigenvalue weighted by atomic mass is 15.0. The van der Waals surface area contributed by atoms with E-state index in [0.29, 0.717) is 23.7 Å². The van der Waals surface area contributed by atoms with E-state index >= 15 is 0 Å². The van der Waals surface area contributed by atoms with Crippen LogP contribution in [0.5, 0.6) is 0 Å². The van der Waals surface area contributed by atoms with Crippen molar-refractivity contribution < 1.29 is 0 Å². The summed E-state index contributed by atoms with van der Waals surface area (Å²) in [5.41, 5.74) is 0.388. The van der Waals surface area contributed by atoms with Gasteiger partial charge in [-0.05, 0) is 52.4 Å². The van der Waals surface area contributed by atoms with Crippen molar-refractivity contribution in [3.05, 3.63) is 0 Å². The van der Waals surface area contributed by atoms with Crippen molar-refractivity contribution in [3.63, 3.8) is 0 Å². The van der Waals surface area contributed by atoms with Gasteiger partial charge in [0.2, 0.25) is 0 Å². The lowest BCUT2D eigenvalue weighted by atomic mass is 9.76. The van der Waals surface area contributed by atoms with Crippen LogP contribution in [0.2, 0.25) is 0 Å². The minimum Gasteiger partial charge on any atom is -0.311 e. The van der Waals surface area contributed by atoms with Crippen LogP contribution < -0.4 is 10.6 Å². The summed E-state index contributed by atoms with van der Waals surface area (Å²) < 4.78 is 0. The molecule has 2 heteroatoms. The maximum atomic E-state index is 3.91. The van der Waals surface area contributed by atoms with Gasteiger partial charge in [-0.3, -0.25) is 0 Å². The summed E-state index contributed by atoms with van der Waals surface area (Å²) in [4.78, 5) is 0. The lowest BCUT2D eigenvalue weighted by Crippen LogP contribution is -2.55. The third-order valence-electron chi connectivity index (χ3n) is 4.82. The fourth-order valence-corrected chi connectivity index (χ4v) is 3.20. The molecule has 0 spiro atoms. The Kier molecular flexibility index (Phi) is 6.65. The fraction of sp³-hybridized carbons (Fsp3) is 1.00. The number of hydrogen-bond acceptors (Lipinski definition) is 2. The van der Waals surface area contributed by atoms with Crippen molar-refractivity contribution in [3.8, 4) is 0 Å². The number of hydrogen-bond donors (Lipinski definition) is 2. The standard InChI is InChI=1S/C16H34N2/c1-6-13(4)17-15-10-9-11-16(8-3,12-15)18-14(5)7-2/h13-15,17-18H,6-12H2,1-5H3. The van der Waals surface area contributed by atoms with Gasteiger partial charge in [-0.15, -0.1) is 0 Å². The van der Waals surface area contributed by atoms with Crippen molar-refractivity contribution in [1.82, 2.24) is 10.6 Å². The van der Waals surface area contributed by atoms with Gasteiger partial charge in [0.25, 0.3) is 0 Å². The summed E-state index contributed by atoms with van der Waals surface area (Å²) in [5.74, 6) is 0. The third kappa shape index (κ3) is 4.55. The predicted molar refractivity (Wildman–Crippen MR) is 81.1 cm³/mol. The summed E-state index contributed by atoms with van der Waals surface area (Å²) in [6.07, 6.45) is 9.10. The van der Waals surface area contributed by atoms with E-state index in [0.717, 1.165) is 0 Å². The predicted octanol–water partition coefficient (Wildman–Crippen LogP) is 3.85. The van der Waals surface area contributed by atoms with E-state index in [9.17, 15) is 0 Å². The lowest BCUT2D eigenvalue weighted by molar-refractivity contribution is 0.165. The first-order valence-corrected chi connectivity index (χ1v) is 8.09. The molecule has 0 bridgehead atoms. The monoisotopic (exact) mass is 254 g/mol. The Balaban J connectivity index is 2.57. The molecular weight excluding hydrogens is 220 g/mol. The molecule has 0 radical (unpaired) electrons. The van der Waals surface area contributed by atoms with E-state index in [1.807, 2.05) is 0 Å². The Morgan fingerprint density at radius 2 is 1.78 bits per heavy atom. The molecular formula is C16H34N2. The van der Waals surface area contributed by atoms with Gasteiger partial charge in [0.05, 0.1) is 0 Å². The van der Waals surface area contributed by atoms with E-state index in [1.165, 1.54) is 44.9 Å². The van der Waals surface area contributed by atoms with Gasteiger partial charge in [-0.1, -0.05) is 27.2 Å². The summed E-state index contributed by atoms with van der Waals surface area (Å²) >= 11 is 0. The Hall–Kier alpha value is -0.0800. The second-order valence-electron chi connectivity index (χ2n) is 6.36. The Morgan fingerprint density at radius 1 is 1.11 bits per heavy atom. The van der Waals surface area contributed by atoms with Gasteiger partial charge >= 0.3 is 0 Å². The van der Waals surface area contributed by atoms with Crippen LogP contribution in [0.1, 0.15) is 79.6 Å². The zero-order valence-corrected chi connectivity index (χ0v) is 13.2. The number of rotatable bonds is 7. The Morgan fingerprint density at radius 3 is 2.33 bits per heavy atom. The highest BCUT2D eigenvalue weighted by Crippen LogP contribution is 2.32. The van der Waals surface area contributed by atoms with Crippen molar-refractivity contribution in [2.75, 3.05) is 0 Å². The first kappa shape index (κ1) is 16.0. The maximum absolute atomic E-state index is 3.91. The molecule has 4 unspecified atom stereocenters. The summed E-state index contributed by atoms with van der Waals surface area (Å²) in [5, 5.41) is 7.72. The highest BCUT2D eigenvalue weighted by molar-refractivity contribution is 4.96. The summed E-state index contributed by atoms with van der Waals surface area (Å²) in [7, 11) is 0. The van der Waals surface area contributed by atoms with Crippen LogP contribution in [-0.4, -0.2) is 23.7 Å². The van der Waals surface area contributed by atoms with Gasteiger partial charge < -0.3 is 10.6 Å². The van der Waals surface area contributed by atoms with Gasteiger partial charge in [0.15, 0.2) is 0 Å². The molecule has 0 aromatic heterocycles. The van der Waals surface area contributed by atoms with Crippen LogP contribution in [-0.2, 0) is 0 Å². The first-order chi connectivity index (χ1) is 8.55. The molecule has 1 saturated carbocycles. The van der Waals surface area contributed by atoms with Crippen molar-refractivity contribution in [2.24, 2.45) is 0 Å². The van der Waals surface area contributed by atoms with E-state index in [4.69, 9.17) is 0 Å². The van der Waals surface area contributed by atoms with E-state index in [2.05, 4.69) is 45.3 Å². The summed E-state index contributed by atoms with van der Waals surface area (Å²) in [6.45, 7) is 11.5. The number of nitrogens with one attached hydrogen (secondary N) is 2. The van der Waals surface area contributed by atoms with E-state index < -0.39 is 0 Å². The molecule has 0 aromatic carbocycles. The molecule has 0 aromatic rings. The molecule has 4 atom stereocenters. The second-order valence-corrected chi connectivity index (χ2v) is 6.36. The van der Waals surface area contributed by atoms with Gasteiger partial charge in [-0.25, -0.2) is 0 Å².